The Balaban J connectivity index is 1.67. The van der Waals surface area contributed by atoms with E-state index in [9.17, 15) is 9.59 Å². The zero-order valence-electron chi connectivity index (χ0n) is 15.6. The molecule has 6 heteroatoms. The van der Waals surface area contributed by atoms with Gasteiger partial charge in [0.2, 0.25) is 0 Å². The lowest BCUT2D eigenvalue weighted by molar-refractivity contribution is 0.0979. The van der Waals surface area contributed by atoms with Crippen LogP contribution in [0.25, 0.3) is 0 Å². The van der Waals surface area contributed by atoms with Crippen LogP contribution in [0.15, 0.2) is 76.4 Å². The summed E-state index contributed by atoms with van der Waals surface area (Å²) in [6, 6.07) is 20.5. The number of rotatable bonds is 3. The van der Waals surface area contributed by atoms with Crippen LogP contribution in [0.2, 0.25) is 0 Å². The monoisotopic (exact) mass is 391 g/mol. The number of amides is 1. The Bertz CT molecular complexity index is 1050. The molecule has 28 heavy (non-hydrogen) atoms. The lowest BCUT2D eigenvalue weighted by Gasteiger charge is -2.22. The number of hydrogen-bond acceptors (Lipinski definition) is 4. The predicted molar refractivity (Wildman–Crippen MR) is 112 cm³/mol. The first kappa shape index (κ1) is 18.5. The Morgan fingerprint density at radius 3 is 2.64 bits per heavy atom. The van der Waals surface area contributed by atoms with Crippen molar-refractivity contribution >= 4 is 23.4 Å². The second-order valence-corrected chi connectivity index (χ2v) is 8.32. The summed E-state index contributed by atoms with van der Waals surface area (Å²) in [5.41, 5.74) is 1.93. The molecule has 0 radical (unpaired) electrons. The second kappa shape index (κ2) is 8.02. The van der Waals surface area contributed by atoms with Crippen molar-refractivity contribution in [3.63, 3.8) is 0 Å². The third kappa shape index (κ3) is 3.87. The van der Waals surface area contributed by atoms with Gasteiger partial charge in [-0.1, -0.05) is 49.4 Å². The Hall–Kier alpha value is -2.86. The van der Waals surface area contributed by atoms with Crippen molar-refractivity contribution in [1.29, 1.82) is 0 Å². The number of carbonyl (C=O) groups is 1. The average Bonchev–Trinajstić information content (AvgIpc) is 2.88. The zero-order chi connectivity index (χ0) is 19.5. The Morgan fingerprint density at radius 2 is 1.82 bits per heavy atom. The van der Waals surface area contributed by atoms with Crippen LogP contribution in [0.5, 0.6) is 0 Å². The summed E-state index contributed by atoms with van der Waals surface area (Å²) in [6.45, 7) is 3.14. The predicted octanol–water partition coefficient (Wildman–Crippen LogP) is 3.82. The van der Waals surface area contributed by atoms with Crippen molar-refractivity contribution in [1.82, 2.24) is 9.78 Å². The number of aromatic nitrogens is 2. The number of para-hydroxylation sites is 1. The summed E-state index contributed by atoms with van der Waals surface area (Å²) in [4.78, 5) is 28.4. The number of fused-ring (bicyclic) bond motifs is 1. The van der Waals surface area contributed by atoms with Crippen molar-refractivity contribution < 1.29 is 4.79 Å². The van der Waals surface area contributed by atoms with E-state index < -0.39 is 0 Å². The van der Waals surface area contributed by atoms with Crippen LogP contribution in [0.4, 0.5) is 5.69 Å². The van der Waals surface area contributed by atoms with Crippen LogP contribution in [0, 0.1) is 0 Å². The van der Waals surface area contributed by atoms with Crippen LogP contribution in [-0.4, -0.2) is 27.5 Å². The third-order valence-electron chi connectivity index (χ3n) is 4.75. The molecule has 4 rings (SSSR count). The minimum atomic E-state index is -0.221. The van der Waals surface area contributed by atoms with Gasteiger partial charge in [0.1, 0.15) is 5.69 Å². The minimum absolute atomic E-state index is 0.177. The molecule has 5 nitrogen and oxygen atoms in total. The molecule has 0 aliphatic carbocycles. The van der Waals surface area contributed by atoms with Gasteiger partial charge in [-0.15, -0.1) is 11.8 Å². The van der Waals surface area contributed by atoms with Gasteiger partial charge in [0, 0.05) is 22.8 Å². The molecule has 0 fully saturated rings. The van der Waals surface area contributed by atoms with Crippen LogP contribution in [0.1, 0.15) is 29.4 Å². The first-order valence-corrected chi connectivity index (χ1v) is 10.2. The lowest BCUT2D eigenvalue weighted by Crippen LogP contribution is -2.35. The number of hydrogen-bond donors (Lipinski definition) is 0. The molecular weight excluding hydrogens is 370 g/mol. The first-order chi connectivity index (χ1) is 13.6. The maximum atomic E-state index is 13.3. The summed E-state index contributed by atoms with van der Waals surface area (Å²) in [7, 11) is 0. The fourth-order valence-electron chi connectivity index (χ4n) is 3.27. The van der Waals surface area contributed by atoms with Crippen molar-refractivity contribution in [2.45, 2.75) is 30.0 Å². The van der Waals surface area contributed by atoms with E-state index in [0.717, 1.165) is 22.6 Å². The lowest BCUT2D eigenvalue weighted by atomic mass is 10.2. The molecule has 0 N–H and O–H groups in total. The maximum absolute atomic E-state index is 13.3. The molecule has 0 spiro atoms. The number of nitrogens with zero attached hydrogens (tertiary/aromatic N) is 3. The molecule has 0 saturated heterocycles. The van der Waals surface area contributed by atoms with E-state index in [0.29, 0.717) is 18.3 Å². The van der Waals surface area contributed by atoms with Gasteiger partial charge in [-0.2, -0.15) is 5.10 Å². The van der Waals surface area contributed by atoms with Crippen LogP contribution in [0.3, 0.4) is 0 Å². The van der Waals surface area contributed by atoms with E-state index in [1.165, 1.54) is 16.8 Å². The highest BCUT2D eigenvalue weighted by molar-refractivity contribution is 8.00. The molecule has 142 valence electrons. The summed E-state index contributed by atoms with van der Waals surface area (Å²) >= 11 is 1.79. The fourth-order valence-corrected chi connectivity index (χ4v) is 4.38. The van der Waals surface area contributed by atoms with Crippen molar-refractivity contribution in [3.05, 3.63) is 88.3 Å². The van der Waals surface area contributed by atoms with E-state index in [-0.39, 0.29) is 17.2 Å². The highest BCUT2D eigenvalue weighted by Gasteiger charge is 2.26. The first-order valence-electron chi connectivity index (χ1n) is 9.31. The van der Waals surface area contributed by atoms with Crippen molar-refractivity contribution in [3.8, 4) is 0 Å². The standard InChI is InChI=1S/C22H21N3O2S/c1-16-13-14-24(19-9-5-6-10-20(19)28-16)22(27)18-11-12-21(26)25(23-18)15-17-7-3-2-4-8-17/h2-12,16H,13-15H2,1H3. The maximum Gasteiger partial charge on any atom is 0.278 e. The van der Waals surface area contributed by atoms with E-state index in [1.807, 2.05) is 54.6 Å². The van der Waals surface area contributed by atoms with E-state index in [4.69, 9.17) is 0 Å². The molecule has 1 aliphatic heterocycles. The van der Waals surface area contributed by atoms with Gasteiger partial charge in [-0.05, 0) is 30.2 Å². The molecule has 0 bridgehead atoms. The summed E-state index contributed by atoms with van der Waals surface area (Å²) < 4.78 is 1.35. The molecular formula is C22H21N3O2S. The quantitative estimate of drug-likeness (QED) is 0.681. The Morgan fingerprint density at radius 1 is 1.07 bits per heavy atom. The van der Waals surface area contributed by atoms with Gasteiger partial charge >= 0.3 is 0 Å². The smallest absolute Gasteiger partial charge is 0.278 e. The van der Waals surface area contributed by atoms with Gasteiger partial charge in [0.15, 0.2) is 0 Å². The average molecular weight is 391 g/mol. The second-order valence-electron chi connectivity index (χ2n) is 6.84. The van der Waals surface area contributed by atoms with Gasteiger partial charge < -0.3 is 4.90 Å². The van der Waals surface area contributed by atoms with Gasteiger partial charge in [0.05, 0.1) is 12.2 Å². The molecule has 2 heterocycles. The SMILES string of the molecule is CC1CCN(C(=O)c2ccc(=O)n(Cc3ccccc3)n2)c2ccccc2S1. The molecule has 1 aliphatic rings. The molecule has 2 aromatic carbocycles. The van der Waals surface area contributed by atoms with Gasteiger partial charge in [-0.3, -0.25) is 9.59 Å². The number of benzene rings is 2. The summed E-state index contributed by atoms with van der Waals surface area (Å²) in [5, 5.41) is 4.80. The molecule has 1 aromatic heterocycles. The van der Waals surface area contributed by atoms with Crippen molar-refractivity contribution in [2.75, 3.05) is 11.4 Å². The molecule has 1 unspecified atom stereocenters. The number of carbonyl (C=O) groups excluding carboxylic acids is 1. The minimum Gasteiger partial charge on any atom is -0.306 e. The molecule has 3 aromatic rings. The largest absolute Gasteiger partial charge is 0.306 e. The Labute approximate surface area is 168 Å². The normalized spacial score (nSPS) is 16.3. The highest BCUT2D eigenvalue weighted by atomic mass is 32.2. The summed E-state index contributed by atoms with van der Waals surface area (Å²) in [6.07, 6.45) is 0.898. The Kier molecular flexibility index (Phi) is 5.30. The third-order valence-corrected chi connectivity index (χ3v) is 5.99. The van der Waals surface area contributed by atoms with E-state index in [1.54, 1.807) is 16.7 Å². The van der Waals surface area contributed by atoms with E-state index in [2.05, 4.69) is 12.0 Å². The topological polar surface area (TPSA) is 55.2 Å². The van der Waals surface area contributed by atoms with Crippen LogP contribution >= 0.6 is 11.8 Å². The zero-order valence-corrected chi connectivity index (χ0v) is 16.4. The summed E-state index contributed by atoms with van der Waals surface area (Å²) in [5.74, 6) is -0.177. The highest BCUT2D eigenvalue weighted by Crippen LogP contribution is 2.37. The molecule has 1 amide bonds. The fraction of sp³-hybridized carbons (Fsp3) is 0.227. The van der Waals surface area contributed by atoms with E-state index >= 15 is 0 Å². The van der Waals surface area contributed by atoms with Crippen LogP contribution in [-0.2, 0) is 6.54 Å². The van der Waals surface area contributed by atoms with Crippen molar-refractivity contribution in [2.24, 2.45) is 0 Å². The number of thioether (sulfide) groups is 1. The molecule has 1 atom stereocenters. The number of anilines is 1. The van der Waals surface area contributed by atoms with Crippen LogP contribution < -0.4 is 10.5 Å². The van der Waals surface area contributed by atoms with Gasteiger partial charge in [0.25, 0.3) is 11.5 Å². The van der Waals surface area contributed by atoms with Gasteiger partial charge in [-0.25, -0.2) is 4.68 Å². The molecule has 0 saturated carbocycles.